The molecule has 1 aromatic heterocycles. The average molecular weight is 425 g/mol. The Morgan fingerprint density at radius 3 is 2.48 bits per heavy atom. The van der Waals surface area contributed by atoms with Crippen molar-refractivity contribution in [3.8, 4) is 22.9 Å². The number of amides is 2. The van der Waals surface area contributed by atoms with Gasteiger partial charge in [-0.1, -0.05) is 49.4 Å². The molecule has 0 spiro atoms. The fourth-order valence-electron chi connectivity index (χ4n) is 3.27. The number of nitrogens with zero attached hydrogens (tertiary/aromatic N) is 3. The number of aromatic nitrogens is 2. The lowest BCUT2D eigenvalue weighted by molar-refractivity contribution is 0.179. The minimum atomic E-state index is -0.461. The van der Waals surface area contributed by atoms with Gasteiger partial charge in [0.05, 0.1) is 12.1 Å². The van der Waals surface area contributed by atoms with Gasteiger partial charge >= 0.3 is 6.03 Å². The van der Waals surface area contributed by atoms with Crippen LogP contribution in [-0.4, -0.2) is 33.3 Å². The largest absolute Gasteiger partial charge is 0.436 e. The normalized spacial score (nSPS) is 10.9. The Kier molecular flexibility index (Phi) is 7.28. The van der Waals surface area contributed by atoms with E-state index in [1.807, 2.05) is 51.1 Å². The quantitative estimate of drug-likeness (QED) is 0.530. The Bertz CT molecular complexity index is 1020. The third-order valence-corrected chi connectivity index (χ3v) is 4.92. The monoisotopic (exact) mass is 424 g/mol. The Labute approximate surface area is 182 Å². The predicted molar refractivity (Wildman–Crippen MR) is 119 cm³/mol. The predicted octanol–water partition coefficient (Wildman–Crippen LogP) is 5.35. The zero-order valence-electron chi connectivity index (χ0n) is 18.4. The number of halogens is 1. The van der Waals surface area contributed by atoms with Crippen molar-refractivity contribution >= 4 is 6.03 Å². The molecule has 0 radical (unpaired) electrons. The van der Waals surface area contributed by atoms with Gasteiger partial charge in [0.25, 0.3) is 0 Å². The van der Waals surface area contributed by atoms with Gasteiger partial charge in [0.2, 0.25) is 5.88 Å². The smallest absolute Gasteiger partial charge is 0.317 e. The number of benzene rings is 2. The van der Waals surface area contributed by atoms with Crippen molar-refractivity contribution in [2.75, 3.05) is 6.54 Å². The van der Waals surface area contributed by atoms with Crippen LogP contribution >= 0.6 is 0 Å². The van der Waals surface area contributed by atoms with Crippen LogP contribution in [0.4, 0.5) is 9.18 Å². The van der Waals surface area contributed by atoms with E-state index in [1.54, 1.807) is 34.8 Å². The van der Waals surface area contributed by atoms with Gasteiger partial charge in [0, 0.05) is 25.2 Å². The second-order valence-corrected chi connectivity index (χ2v) is 7.61. The first-order valence-electron chi connectivity index (χ1n) is 10.5. The van der Waals surface area contributed by atoms with Crippen molar-refractivity contribution in [2.24, 2.45) is 7.05 Å². The van der Waals surface area contributed by atoms with Crippen molar-refractivity contribution < 1.29 is 13.9 Å². The molecule has 0 fully saturated rings. The van der Waals surface area contributed by atoms with Crippen molar-refractivity contribution in [3.05, 3.63) is 66.0 Å². The molecular weight excluding hydrogens is 395 g/mol. The number of hydrogen-bond donors (Lipinski definition) is 1. The second-order valence-electron chi connectivity index (χ2n) is 7.61. The van der Waals surface area contributed by atoms with E-state index in [0.29, 0.717) is 18.1 Å². The van der Waals surface area contributed by atoms with Gasteiger partial charge < -0.3 is 15.0 Å². The number of aryl methyl sites for hydroxylation is 1. The molecule has 2 aromatic carbocycles. The number of rotatable bonds is 8. The van der Waals surface area contributed by atoms with Gasteiger partial charge in [-0.05, 0) is 32.4 Å². The highest BCUT2D eigenvalue weighted by Gasteiger charge is 2.26. The molecule has 3 aromatic rings. The fourth-order valence-corrected chi connectivity index (χ4v) is 3.27. The summed E-state index contributed by atoms with van der Waals surface area (Å²) in [7, 11) is 1.75. The van der Waals surface area contributed by atoms with Crippen molar-refractivity contribution in [1.29, 1.82) is 0 Å². The summed E-state index contributed by atoms with van der Waals surface area (Å²) in [6.07, 6.45) is 0.849. The zero-order valence-corrected chi connectivity index (χ0v) is 18.4. The minimum Gasteiger partial charge on any atom is -0.436 e. The van der Waals surface area contributed by atoms with E-state index in [-0.39, 0.29) is 24.4 Å². The molecule has 0 aliphatic rings. The van der Waals surface area contributed by atoms with Crippen LogP contribution < -0.4 is 10.1 Å². The third kappa shape index (κ3) is 5.23. The van der Waals surface area contributed by atoms with Crippen LogP contribution in [0.25, 0.3) is 11.3 Å². The average Bonchev–Trinajstić information content (AvgIpc) is 3.07. The standard InChI is InChI=1S/C24H29FN4O2/c1-5-15-26-24(30)29(17(2)3)16-19-22(18-11-7-6-8-12-18)27-28(4)23(19)31-21-14-10-9-13-20(21)25/h6-14,17H,5,15-16H2,1-4H3,(H,26,30). The topological polar surface area (TPSA) is 59.4 Å². The van der Waals surface area contributed by atoms with E-state index in [9.17, 15) is 9.18 Å². The van der Waals surface area contributed by atoms with E-state index in [0.717, 1.165) is 17.5 Å². The van der Waals surface area contributed by atoms with Gasteiger partial charge in [-0.25, -0.2) is 13.9 Å². The number of carbonyl (C=O) groups excluding carboxylic acids is 1. The molecule has 0 saturated carbocycles. The highest BCUT2D eigenvalue weighted by atomic mass is 19.1. The fraction of sp³-hybridized carbons (Fsp3) is 0.333. The lowest BCUT2D eigenvalue weighted by atomic mass is 10.1. The van der Waals surface area contributed by atoms with E-state index >= 15 is 0 Å². The number of urea groups is 1. The van der Waals surface area contributed by atoms with Crippen molar-refractivity contribution in [1.82, 2.24) is 20.0 Å². The Morgan fingerprint density at radius 2 is 1.84 bits per heavy atom. The molecule has 0 saturated heterocycles. The van der Waals surface area contributed by atoms with Crippen LogP contribution in [0.3, 0.4) is 0 Å². The maximum Gasteiger partial charge on any atom is 0.317 e. The molecule has 7 heteroatoms. The molecule has 2 amide bonds. The van der Waals surface area contributed by atoms with Crippen LogP contribution in [0.15, 0.2) is 54.6 Å². The van der Waals surface area contributed by atoms with Gasteiger partial charge in [-0.2, -0.15) is 5.10 Å². The molecule has 0 atom stereocenters. The summed E-state index contributed by atoms with van der Waals surface area (Å²) in [5.41, 5.74) is 2.31. The molecule has 0 aliphatic heterocycles. The van der Waals surface area contributed by atoms with E-state index in [2.05, 4.69) is 10.4 Å². The minimum absolute atomic E-state index is 0.0537. The summed E-state index contributed by atoms with van der Waals surface area (Å²) in [6, 6.07) is 15.7. The second kappa shape index (κ2) is 10.1. The summed E-state index contributed by atoms with van der Waals surface area (Å²) >= 11 is 0. The lowest BCUT2D eigenvalue weighted by Gasteiger charge is -2.27. The molecule has 164 valence electrons. The molecule has 1 N–H and O–H groups in total. The van der Waals surface area contributed by atoms with E-state index < -0.39 is 5.82 Å². The Balaban J connectivity index is 2.06. The number of hydrogen-bond acceptors (Lipinski definition) is 3. The molecular formula is C24H29FN4O2. The van der Waals surface area contributed by atoms with E-state index in [1.165, 1.54) is 6.07 Å². The van der Waals surface area contributed by atoms with Gasteiger partial charge in [0.15, 0.2) is 11.6 Å². The van der Waals surface area contributed by atoms with Crippen LogP contribution in [0.5, 0.6) is 11.6 Å². The summed E-state index contributed by atoms with van der Waals surface area (Å²) in [5.74, 6) is 0.0492. The Hall–Kier alpha value is -3.35. The molecule has 0 unspecified atom stereocenters. The SMILES string of the molecule is CCCNC(=O)N(Cc1c(-c2ccccc2)nn(C)c1Oc1ccccc1F)C(C)C. The molecule has 31 heavy (non-hydrogen) atoms. The summed E-state index contributed by atoms with van der Waals surface area (Å²) in [4.78, 5) is 14.5. The van der Waals surface area contributed by atoms with Gasteiger partial charge in [-0.3, -0.25) is 0 Å². The first-order chi connectivity index (χ1) is 14.9. The molecule has 3 rings (SSSR count). The Morgan fingerprint density at radius 1 is 1.16 bits per heavy atom. The van der Waals surface area contributed by atoms with Crippen molar-refractivity contribution in [2.45, 2.75) is 39.8 Å². The van der Waals surface area contributed by atoms with Gasteiger partial charge in [-0.15, -0.1) is 0 Å². The molecule has 0 bridgehead atoms. The van der Waals surface area contributed by atoms with Crippen molar-refractivity contribution in [3.63, 3.8) is 0 Å². The number of carbonyl (C=O) groups is 1. The lowest BCUT2D eigenvalue weighted by Crippen LogP contribution is -2.43. The molecule has 1 heterocycles. The van der Waals surface area contributed by atoms with Crippen LogP contribution in [0.1, 0.15) is 32.8 Å². The van der Waals surface area contributed by atoms with Gasteiger partial charge in [0.1, 0.15) is 5.69 Å². The van der Waals surface area contributed by atoms with Crippen LogP contribution in [0, 0.1) is 5.82 Å². The maximum atomic E-state index is 14.3. The zero-order chi connectivity index (χ0) is 22.4. The first kappa shape index (κ1) is 22.3. The third-order valence-electron chi connectivity index (χ3n) is 4.92. The number of ether oxygens (including phenoxy) is 1. The molecule has 0 aliphatic carbocycles. The summed E-state index contributed by atoms with van der Waals surface area (Å²) in [5, 5.41) is 7.59. The van der Waals surface area contributed by atoms with E-state index in [4.69, 9.17) is 4.74 Å². The maximum absolute atomic E-state index is 14.3. The highest BCUT2D eigenvalue weighted by molar-refractivity contribution is 5.75. The molecule has 6 nitrogen and oxygen atoms in total. The van der Waals surface area contributed by atoms with Crippen LogP contribution in [-0.2, 0) is 13.6 Å². The highest BCUT2D eigenvalue weighted by Crippen LogP contribution is 2.35. The number of nitrogens with one attached hydrogen (secondary N) is 1. The number of para-hydroxylation sites is 1. The summed E-state index contributed by atoms with van der Waals surface area (Å²) < 4.78 is 21.9. The summed E-state index contributed by atoms with van der Waals surface area (Å²) in [6.45, 7) is 6.80. The first-order valence-corrected chi connectivity index (χ1v) is 10.5. The van der Waals surface area contributed by atoms with Crippen LogP contribution in [0.2, 0.25) is 0 Å².